The number of carbonyl (C=O) groups excluding carboxylic acids is 1. The number of pyridine rings is 1. The fourth-order valence-corrected chi connectivity index (χ4v) is 4.66. The summed E-state index contributed by atoms with van der Waals surface area (Å²) in [5.74, 6) is -0.210. The van der Waals surface area contributed by atoms with Crippen molar-refractivity contribution >= 4 is 44.3 Å². The molecule has 2 N–H and O–H groups in total. The third-order valence-electron chi connectivity index (χ3n) is 5.22. The van der Waals surface area contributed by atoms with E-state index in [4.69, 9.17) is 0 Å². The van der Waals surface area contributed by atoms with Crippen LogP contribution >= 0.6 is 11.3 Å². The number of hydrogen-bond acceptors (Lipinski definition) is 5. The maximum Gasteiger partial charge on any atom is 0.258 e. The number of fused-ring (bicyclic) bond motifs is 2. The number of rotatable bonds is 3. The molecule has 0 fully saturated rings. The average molecular weight is 417 g/mol. The van der Waals surface area contributed by atoms with E-state index in [1.165, 1.54) is 11.3 Å². The number of carbonyl (C=O) groups is 1. The molecule has 0 aliphatic rings. The van der Waals surface area contributed by atoms with Crippen LogP contribution in [0.5, 0.6) is 0 Å². The van der Waals surface area contributed by atoms with Gasteiger partial charge in [0, 0.05) is 40.3 Å². The monoisotopic (exact) mass is 416 g/mol. The highest BCUT2D eigenvalue weighted by atomic mass is 32.1. The molecule has 4 aromatic heterocycles. The Bertz CT molecular complexity index is 1440. The van der Waals surface area contributed by atoms with Gasteiger partial charge in [0.25, 0.3) is 5.91 Å². The molecule has 4 heterocycles. The Hall–Kier alpha value is -3.52. The fraction of sp³-hybridized carbons (Fsp3) is 0.182. The number of nitrogens with zero attached hydrogens (tertiary/aromatic N) is 4. The van der Waals surface area contributed by atoms with Gasteiger partial charge in [0.15, 0.2) is 10.8 Å². The van der Waals surface area contributed by atoms with Gasteiger partial charge in [-0.25, -0.2) is 9.97 Å². The van der Waals surface area contributed by atoms with Crippen LogP contribution in [0.1, 0.15) is 27.4 Å². The number of aromatic nitrogens is 5. The first kappa shape index (κ1) is 18.5. The molecule has 8 heteroatoms. The molecular formula is C22H20N6OS. The fourth-order valence-electron chi connectivity index (χ4n) is 3.97. The predicted octanol–water partition coefficient (Wildman–Crippen LogP) is 4.75. The van der Waals surface area contributed by atoms with Crippen LogP contribution in [0.15, 0.2) is 35.7 Å². The molecule has 0 atom stereocenters. The maximum atomic E-state index is 13.1. The molecular weight excluding hydrogens is 396 g/mol. The molecule has 0 aliphatic carbocycles. The molecule has 1 amide bonds. The summed E-state index contributed by atoms with van der Waals surface area (Å²) in [6.07, 6.45) is 0. The van der Waals surface area contributed by atoms with Gasteiger partial charge in [0.05, 0.1) is 22.3 Å². The highest BCUT2D eigenvalue weighted by Gasteiger charge is 2.19. The van der Waals surface area contributed by atoms with Crippen LogP contribution in [0, 0.1) is 20.8 Å². The minimum atomic E-state index is -0.210. The molecule has 7 nitrogen and oxygen atoms in total. The smallest absolute Gasteiger partial charge is 0.258 e. The summed E-state index contributed by atoms with van der Waals surface area (Å²) < 4.78 is 1.70. The topological polar surface area (TPSA) is 88.5 Å². The van der Waals surface area contributed by atoms with Gasteiger partial charge in [-0.1, -0.05) is 18.2 Å². The van der Waals surface area contributed by atoms with Gasteiger partial charge < -0.3 is 4.98 Å². The summed E-state index contributed by atoms with van der Waals surface area (Å²) in [5, 5.41) is 11.8. The molecule has 30 heavy (non-hydrogen) atoms. The van der Waals surface area contributed by atoms with Gasteiger partial charge in [-0.05, 0) is 32.9 Å². The molecule has 5 rings (SSSR count). The lowest BCUT2D eigenvalue weighted by Gasteiger charge is -2.05. The number of nitrogens with one attached hydrogen (secondary N) is 2. The van der Waals surface area contributed by atoms with Crippen LogP contribution in [0.4, 0.5) is 5.13 Å². The summed E-state index contributed by atoms with van der Waals surface area (Å²) >= 11 is 1.41. The number of anilines is 1. The Morgan fingerprint density at radius 3 is 2.80 bits per heavy atom. The number of thiazole rings is 1. The van der Waals surface area contributed by atoms with Crippen molar-refractivity contribution in [3.63, 3.8) is 0 Å². The second-order valence-electron chi connectivity index (χ2n) is 7.38. The molecule has 0 unspecified atom stereocenters. The van der Waals surface area contributed by atoms with Crippen molar-refractivity contribution in [1.82, 2.24) is 24.7 Å². The number of aryl methyl sites for hydroxylation is 4. The third-order valence-corrected chi connectivity index (χ3v) is 5.97. The highest BCUT2D eigenvalue weighted by molar-refractivity contribution is 7.14. The lowest BCUT2D eigenvalue weighted by molar-refractivity contribution is 0.102. The normalized spacial score (nSPS) is 11.5. The van der Waals surface area contributed by atoms with Crippen molar-refractivity contribution in [3.05, 3.63) is 58.4 Å². The Balaban J connectivity index is 1.51. The van der Waals surface area contributed by atoms with Crippen molar-refractivity contribution < 1.29 is 4.79 Å². The summed E-state index contributed by atoms with van der Waals surface area (Å²) in [5.41, 5.74) is 6.84. The van der Waals surface area contributed by atoms with Gasteiger partial charge in [-0.2, -0.15) is 5.10 Å². The minimum absolute atomic E-state index is 0.210. The van der Waals surface area contributed by atoms with E-state index in [2.05, 4.69) is 31.4 Å². The Kier molecular flexibility index (Phi) is 4.18. The lowest BCUT2D eigenvalue weighted by atomic mass is 10.1. The van der Waals surface area contributed by atoms with Gasteiger partial charge in [0.2, 0.25) is 0 Å². The van der Waals surface area contributed by atoms with Gasteiger partial charge in [-0.3, -0.25) is 14.8 Å². The van der Waals surface area contributed by atoms with E-state index >= 15 is 0 Å². The molecule has 0 saturated heterocycles. The first-order valence-corrected chi connectivity index (χ1v) is 10.5. The van der Waals surface area contributed by atoms with Crippen LogP contribution in [0.3, 0.4) is 0 Å². The standard InChI is InChI=1S/C22H20N6OS/c1-11-9-15(19-13(3)27-28(4)20(19)23-11)21(29)26-22-25-17(10-30-22)18-12(2)24-16-8-6-5-7-14(16)18/h5-10,24H,1-4H3,(H,25,26,29). The highest BCUT2D eigenvalue weighted by Crippen LogP contribution is 2.34. The van der Waals surface area contributed by atoms with E-state index in [-0.39, 0.29) is 5.91 Å². The first-order valence-electron chi connectivity index (χ1n) is 9.58. The Morgan fingerprint density at radius 1 is 1.17 bits per heavy atom. The van der Waals surface area contributed by atoms with E-state index in [9.17, 15) is 4.79 Å². The average Bonchev–Trinajstić information content (AvgIpc) is 3.36. The second-order valence-corrected chi connectivity index (χ2v) is 8.24. The number of H-pyrrole nitrogens is 1. The SMILES string of the molecule is Cc1cc(C(=O)Nc2nc(-c3c(C)[nH]c4ccccc34)cs2)c2c(C)nn(C)c2n1. The number of aromatic amines is 1. The zero-order chi connectivity index (χ0) is 21.0. The number of benzene rings is 1. The van der Waals surface area contributed by atoms with Gasteiger partial charge in [-0.15, -0.1) is 11.3 Å². The van der Waals surface area contributed by atoms with Crippen molar-refractivity contribution in [1.29, 1.82) is 0 Å². The van der Waals surface area contributed by atoms with Crippen molar-refractivity contribution in [2.45, 2.75) is 20.8 Å². The summed E-state index contributed by atoms with van der Waals surface area (Å²) in [7, 11) is 1.83. The molecule has 0 spiro atoms. The van der Waals surface area contributed by atoms with E-state index < -0.39 is 0 Å². The molecule has 0 aliphatic heterocycles. The lowest BCUT2D eigenvalue weighted by Crippen LogP contribution is -2.13. The Morgan fingerprint density at radius 2 is 1.97 bits per heavy atom. The van der Waals surface area contributed by atoms with Crippen LogP contribution in [-0.2, 0) is 7.05 Å². The van der Waals surface area contributed by atoms with E-state index in [0.29, 0.717) is 16.3 Å². The molecule has 0 saturated carbocycles. The van der Waals surface area contributed by atoms with Crippen LogP contribution in [0.2, 0.25) is 0 Å². The van der Waals surface area contributed by atoms with E-state index in [1.54, 1.807) is 10.7 Å². The van der Waals surface area contributed by atoms with Crippen LogP contribution in [-0.4, -0.2) is 30.6 Å². The second kappa shape index (κ2) is 6.77. The number of hydrogen-bond donors (Lipinski definition) is 2. The third kappa shape index (κ3) is 2.88. The zero-order valence-corrected chi connectivity index (χ0v) is 17.9. The molecule has 0 radical (unpaired) electrons. The van der Waals surface area contributed by atoms with Gasteiger partial charge in [0.1, 0.15) is 0 Å². The maximum absolute atomic E-state index is 13.1. The summed E-state index contributed by atoms with van der Waals surface area (Å²) in [4.78, 5) is 25.7. The molecule has 0 bridgehead atoms. The minimum Gasteiger partial charge on any atom is -0.358 e. The quantitative estimate of drug-likeness (QED) is 0.444. The Labute approximate surface area is 176 Å². The van der Waals surface area contributed by atoms with Crippen molar-refractivity contribution in [2.24, 2.45) is 7.05 Å². The van der Waals surface area contributed by atoms with Crippen LogP contribution < -0.4 is 5.32 Å². The van der Waals surface area contributed by atoms with Crippen LogP contribution in [0.25, 0.3) is 33.2 Å². The van der Waals surface area contributed by atoms with E-state index in [0.717, 1.165) is 44.6 Å². The van der Waals surface area contributed by atoms with Crippen molar-refractivity contribution in [2.75, 3.05) is 5.32 Å². The van der Waals surface area contributed by atoms with Gasteiger partial charge >= 0.3 is 0 Å². The molecule has 150 valence electrons. The zero-order valence-electron chi connectivity index (χ0n) is 17.1. The number of para-hydroxylation sites is 1. The summed E-state index contributed by atoms with van der Waals surface area (Å²) in [6.45, 7) is 5.80. The summed E-state index contributed by atoms with van der Waals surface area (Å²) in [6, 6.07) is 9.94. The molecule has 1 aromatic carbocycles. The van der Waals surface area contributed by atoms with E-state index in [1.807, 2.05) is 51.4 Å². The number of amides is 1. The first-order chi connectivity index (χ1) is 14.4. The largest absolute Gasteiger partial charge is 0.358 e. The van der Waals surface area contributed by atoms with Crippen molar-refractivity contribution in [3.8, 4) is 11.3 Å². The predicted molar refractivity (Wildman–Crippen MR) is 120 cm³/mol. The molecule has 5 aromatic rings.